The standard InChI is InChI=1S/C15H17NSi/c1-3-17(2)16(14-10-6-4-7-11-14)15-12-8-5-9-13-15/h3-13,17H,1H2,2H3. The smallest absolute Gasteiger partial charge is 0.167 e. The summed E-state index contributed by atoms with van der Waals surface area (Å²) >= 11 is 0. The van der Waals surface area contributed by atoms with Crippen molar-refractivity contribution in [1.82, 2.24) is 0 Å². The molecule has 1 atom stereocenters. The quantitative estimate of drug-likeness (QED) is 0.731. The van der Waals surface area contributed by atoms with E-state index < -0.39 is 8.96 Å². The molecular formula is C15H17NSi. The molecule has 0 aliphatic carbocycles. The molecule has 0 saturated heterocycles. The minimum absolute atomic E-state index is 1.15. The van der Waals surface area contributed by atoms with Crippen LogP contribution in [0, 0.1) is 0 Å². The van der Waals surface area contributed by atoms with Gasteiger partial charge in [-0.25, -0.2) is 0 Å². The van der Waals surface area contributed by atoms with Gasteiger partial charge in [0, 0.05) is 11.4 Å². The van der Waals surface area contributed by atoms with Gasteiger partial charge in [-0.1, -0.05) is 48.6 Å². The van der Waals surface area contributed by atoms with E-state index in [1.807, 2.05) is 12.1 Å². The Hall–Kier alpha value is -1.80. The highest BCUT2D eigenvalue weighted by Gasteiger charge is 2.14. The van der Waals surface area contributed by atoms with Crippen molar-refractivity contribution in [2.45, 2.75) is 6.55 Å². The minimum Gasteiger partial charge on any atom is -0.368 e. The predicted molar refractivity (Wildman–Crippen MR) is 78.2 cm³/mol. The summed E-state index contributed by atoms with van der Waals surface area (Å²) in [7, 11) is -1.15. The molecule has 0 N–H and O–H groups in total. The summed E-state index contributed by atoms with van der Waals surface area (Å²) in [4.78, 5) is 0. The maximum absolute atomic E-state index is 3.95. The first-order valence-electron chi connectivity index (χ1n) is 5.85. The first-order chi connectivity index (χ1) is 8.33. The lowest BCUT2D eigenvalue weighted by molar-refractivity contribution is 1.38. The van der Waals surface area contributed by atoms with E-state index in [2.05, 4.69) is 71.9 Å². The second-order valence-corrected chi connectivity index (χ2v) is 6.49. The fourth-order valence-corrected chi connectivity index (χ4v) is 3.40. The van der Waals surface area contributed by atoms with E-state index in [9.17, 15) is 0 Å². The highest BCUT2D eigenvalue weighted by Crippen LogP contribution is 2.26. The Labute approximate surface area is 105 Å². The second-order valence-electron chi connectivity index (χ2n) is 4.02. The summed E-state index contributed by atoms with van der Waals surface area (Å²) < 4.78 is 2.41. The number of hydrogen-bond acceptors (Lipinski definition) is 1. The molecule has 0 saturated carbocycles. The van der Waals surface area contributed by atoms with Gasteiger partial charge in [0.05, 0.1) is 0 Å². The zero-order valence-corrected chi connectivity index (χ0v) is 11.2. The van der Waals surface area contributed by atoms with Crippen LogP contribution in [0.15, 0.2) is 72.9 Å². The van der Waals surface area contributed by atoms with Crippen molar-refractivity contribution in [3.05, 3.63) is 72.9 Å². The Morgan fingerprint density at radius 1 is 0.882 bits per heavy atom. The lowest BCUT2D eigenvalue weighted by Crippen LogP contribution is -2.30. The Morgan fingerprint density at radius 2 is 1.29 bits per heavy atom. The molecule has 1 unspecified atom stereocenters. The average molecular weight is 239 g/mol. The average Bonchev–Trinajstić information content (AvgIpc) is 2.41. The zero-order chi connectivity index (χ0) is 12.1. The number of rotatable bonds is 4. The number of anilines is 2. The summed E-state index contributed by atoms with van der Waals surface area (Å²) in [5.41, 5.74) is 4.59. The van der Waals surface area contributed by atoms with Crippen LogP contribution in [0.2, 0.25) is 6.55 Å². The van der Waals surface area contributed by atoms with Crippen molar-refractivity contribution in [3.8, 4) is 0 Å². The van der Waals surface area contributed by atoms with Gasteiger partial charge in [-0.2, -0.15) is 0 Å². The molecule has 2 heteroatoms. The largest absolute Gasteiger partial charge is 0.368 e. The first kappa shape index (κ1) is 11.7. The third-order valence-corrected chi connectivity index (χ3v) is 4.91. The number of nitrogens with zero attached hydrogens (tertiary/aromatic N) is 1. The molecule has 17 heavy (non-hydrogen) atoms. The molecule has 2 rings (SSSR count). The van der Waals surface area contributed by atoms with Crippen LogP contribution in [0.5, 0.6) is 0 Å². The van der Waals surface area contributed by atoms with Gasteiger partial charge in [0.2, 0.25) is 0 Å². The molecule has 0 heterocycles. The fourth-order valence-electron chi connectivity index (χ4n) is 1.90. The maximum Gasteiger partial charge on any atom is 0.167 e. The molecular weight excluding hydrogens is 222 g/mol. The Bertz CT molecular complexity index is 427. The second kappa shape index (κ2) is 5.50. The van der Waals surface area contributed by atoms with Gasteiger partial charge >= 0.3 is 0 Å². The van der Waals surface area contributed by atoms with Crippen molar-refractivity contribution >= 4 is 20.3 Å². The lowest BCUT2D eigenvalue weighted by atomic mass is 10.3. The highest BCUT2D eigenvalue weighted by molar-refractivity contribution is 6.68. The van der Waals surface area contributed by atoms with E-state index in [1.54, 1.807) is 0 Å². The molecule has 0 radical (unpaired) electrons. The van der Waals surface area contributed by atoms with Crippen molar-refractivity contribution in [2.24, 2.45) is 0 Å². The van der Waals surface area contributed by atoms with Gasteiger partial charge in [-0.05, 0) is 24.3 Å². The molecule has 0 aromatic heterocycles. The van der Waals surface area contributed by atoms with Crippen LogP contribution in [0.3, 0.4) is 0 Å². The third-order valence-electron chi connectivity index (χ3n) is 2.82. The van der Waals surface area contributed by atoms with Crippen LogP contribution in [-0.4, -0.2) is 8.96 Å². The van der Waals surface area contributed by atoms with Gasteiger partial charge in [0.1, 0.15) is 0 Å². The fraction of sp³-hybridized carbons (Fsp3) is 0.0667. The zero-order valence-electron chi connectivity index (χ0n) is 10.1. The van der Waals surface area contributed by atoms with E-state index in [-0.39, 0.29) is 0 Å². The summed E-state index contributed by atoms with van der Waals surface area (Å²) in [6, 6.07) is 21.0. The summed E-state index contributed by atoms with van der Waals surface area (Å²) in [5, 5.41) is 0. The molecule has 2 aromatic rings. The van der Waals surface area contributed by atoms with Crippen LogP contribution < -0.4 is 4.57 Å². The topological polar surface area (TPSA) is 3.24 Å². The number of benzene rings is 2. The van der Waals surface area contributed by atoms with Gasteiger partial charge in [-0.15, -0.1) is 6.58 Å². The Morgan fingerprint density at radius 3 is 1.65 bits per heavy atom. The maximum atomic E-state index is 3.95. The summed E-state index contributed by atoms with van der Waals surface area (Å²) in [6.07, 6.45) is 0. The van der Waals surface area contributed by atoms with Crippen molar-refractivity contribution in [1.29, 1.82) is 0 Å². The van der Waals surface area contributed by atoms with Gasteiger partial charge < -0.3 is 4.57 Å². The van der Waals surface area contributed by atoms with Crippen LogP contribution in [0.4, 0.5) is 11.4 Å². The highest BCUT2D eigenvalue weighted by atomic mass is 28.3. The predicted octanol–water partition coefficient (Wildman–Crippen LogP) is 3.90. The van der Waals surface area contributed by atoms with Crippen LogP contribution in [0.25, 0.3) is 0 Å². The molecule has 2 aromatic carbocycles. The lowest BCUT2D eigenvalue weighted by Gasteiger charge is -2.29. The van der Waals surface area contributed by atoms with Gasteiger partial charge in [-0.3, -0.25) is 0 Å². The SMILES string of the molecule is C=C[SiH](C)N(c1ccccc1)c1ccccc1. The molecule has 0 fully saturated rings. The van der Waals surface area contributed by atoms with E-state index in [0.29, 0.717) is 0 Å². The van der Waals surface area contributed by atoms with Crippen LogP contribution >= 0.6 is 0 Å². The Balaban J connectivity index is 2.43. The molecule has 86 valence electrons. The number of para-hydroxylation sites is 2. The first-order valence-corrected chi connectivity index (χ1v) is 8.18. The minimum atomic E-state index is -1.15. The van der Waals surface area contributed by atoms with Crippen molar-refractivity contribution in [2.75, 3.05) is 4.57 Å². The van der Waals surface area contributed by atoms with E-state index in [0.717, 1.165) is 0 Å². The number of hydrogen-bond donors (Lipinski definition) is 0. The van der Waals surface area contributed by atoms with Crippen molar-refractivity contribution < 1.29 is 0 Å². The molecule has 0 aliphatic heterocycles. The van der Waals surface area contributed by atoms with E-state index >= 15 is 0 Å². The summed E-state index contributed by atoms with van der Waals surface area (Å²) in [6.45, 7) is 6.24. The van der Waals surface area contributed by atoms with Gasteiger partial charge in [0.15, 0.2) is 8.96 Å². The van der Waals surface area contributed by atoms with Gasteiger partial charge in [0.25, 0.3) is 0 Å². The molecule has 0 amide bonds. The molecule has 0 spiro atoms. The third kappa shape index (κ3) is 2.66. The monoisotopic (exact) mass is 239 g/mol. The molecule has 1 nitrogen and oxygen atoms in total. The van der Waals surface area contributed by atoms with Crippen LogP contribution in [0.1, 0.15) is 0 Å². The normalized spacial score (nSPS) is 11.8. The molecule has 0 aliphatic rings. The van der Waals surface area contributed by atoms with E-state index in [1.165, 1.54) is 11.4 Å². The summed E-state index contributed by atoms with van der Waals surface area (Å²) in [5.74, 6) is 0. The van der Waals surface area contributed by atoms with E-state index in [4.69, 9.17) is 0 Å². The van der Waals surface area contributed by atoms with Crippen LogP contribution in [-0.2, 0) is 0 Å². The van der Waals surface area contributed by atoms with Crippen molar-refractivity contribution in [3.63, 3.8) is 0 Å². The Kier molecular flexibility index (Phi) is 3.78. The molecule has 0 bridgehead atoms.